The predicted molar refractivity (Wildman–Crippen MR) is 86.0 cm³/mol. The number of benzene rings is 1. The van der Waals surface area contributed by atoms with Gasteiger partial charge in [0, 0.05) is 38.3 Å². The highest BCUT2D eigenvalue weighted by atomic mass is 16.5. The average Bonchev–Trinajstić information content (AvgIpc) is 2.50. The number of hydrogen-bond acceptors (Lipinski definition) is 4. The Balaban J connectivity index is 2.06. The van der Waals surface area contributed by atoms with Crippen molar-refractivity contribution in [2.45, 2.75) is 33.3 Å². The van der Waals surface area contributed by atoms with Gasteiger partial charge in [-0.05, 0) is 38.3 Å². The Hall–Kier alpha value is -1.10. The smallest absolute Gasteiger partial charge is 0.128 e. The zero-order chi connectivity index (χ0) is 15.2. The molecule has 0 aromatic heterocycles. The van der Waals surface area contributed by atoms with Crippen molar-refractivity contribution in [2.75, 3.05) is 39.3 Å². The van der Waals surface area contributed by atoms with Crippen molar-refractivity contribution in [3.8, 4) is 5.75 Å². The van der Waals surface area contributed by atoms with Crippen LogP contribution in [0.25, 0.3) is 0 Å². The summed E-state index contributed by atoms with van der Waals surface area (Å²) in [4.78, 5) is 2.41. The average molecular weight is 292 g/mol. The van der Waals surface area contributed by atoms with Crippen LogP contribution in [0.1, 0.15) is 36.1 Å². The lowest BCUT2D eigenvalue weighted by Gasteiger charge is -2.28. The fourth-order valence-electron chi connectivity index (χ4n) is 2.94. The predicted octanol–water partition coefficient (Wildman–Crippen LogP) is 2.03. The topological polar surface area (TPSA) is 44.7 Å². The van der Waals surface area contributed by atoms with E-state index in [4.69, 9.17) is 4.74 Å². The second-order valence-corrected chi connectivity index (χ2v) is 5.77. The minimum atomic E-state index is -0.457. The van der Waals surface area contributed by atoms with E-state index < -0.39 is 6.10 Å². The van der Waals surface area contributed by atoms with E-state index in [0.717, 1.165) is 61.6 Å². The van der Waals surface area contributed by atoms with Crippen LogP contribution >= 0.6 is 0 Å². The quantitative estimate of drug-likeness (QED) is 0.842. The van der Waals surface area contributed by atoms with Crippen molar-refractivity contribution in [1.82, 2.24) is 10.2 Å². The van der Waals surface area contributed by atoms with Gasteiger partial charge in [0.05, 0.1) is 12.7 Å². The molecule has 1 aliphatic heterocycles. The van der Waals surface area contributed by atoms with E-state index in [2.05, 4.69) is 22.3 Å². The first-order valence-corrected chi connectivity index (χ1v) is 7.97. The highest BCUT2D eigenvalue weighted by molar-refractivity contribution is 5.46. The van der Waals surface area contributed by atoms with Crippen LogP contribution in [0.2, 0.25) is 0 Å². The molecule has 2 rings (SSSR count). The van der Waals surface area contributed by atoms with Gasteiger partial charge in [-0.3, -0.25) is 0 Å². The summed E-state index contributed by atoms with van der Waals surface area (Å²) in [5.41, 5.74) is 3.17. The van der Waals surface area contributed by atoms with E-state index in [1.165, 1.54) is 0 Å². The normalized spacial score (nSPS) is 17.7. The SMILES string of the molecule is CCOc1c(C)ccc(C)c1C(O)CCN1CCNCC1. The van der Waals surface area contributed by atoms with E-state index in [0.29, 0.717) is 6.61 Å². The van der Waals surface area contributed by atoms with Crippen LogP contribution in [0.3, 0.4) is 0 Å². The number of rotatable bonds is 6. The molecule has 1 aliphatic rings. The molecule has 0 amide bonds. The molecule has 0 aliphatic carbocycles. The lowest BCUT2D eigenvalue weighted by molar-refractivity contribution is 0.132. The summed E-state index contributed by atoms with van der Waals surface area (Å²) in [5, 5.41) is 14.0. The zero-order valence-electron chi connectivity index (χ0n) is 13.5. The number of piperazine rings is 1. The Bertz CT molecular complexity index is 456. The molecule has 1 aromatic rings. The first-order valence-electron chi connectivity index (χ1n) is 7.97. The van der Waals surface area contributed by atoms with E-state index in [9.17, 15) is 5.11 Å². The van der Waals surface area contributed by atoms with Crippen molar-refractivity contribution >= 4 is 0 Å². The standard InChI is InChI=1S/C17H28N2O2/c1-4-21-17-14(3)6-5-13(2)16(17)15(20)7-10-19-11-8-18-9-12-19/h5-6,15,18,20H,4,7-12H2,1-3H3. The van der Waals surface area contributed by atoms with Gasteiger partial charge >= 0.3 is 0 Å². The number of hydrogen-bond donors (Lipinski definition) is 2. The van der Waals surface area contributed by atoms with Crippen LogP contribution in [0.15, 0.2) is 12.1 Å². The highest BCUT2D eigenvalue weighted by Gasteiger charge is 2.19. The molecular formula is C17H28N2O2. The van der Waals surface area contributed by atoms with Gasteiger partial charge in [0.1, 0.15) is 5.75 Å². The number of nitrogens with one attached hydrogen (secondary N) is 1. The number of aliphatic hydroxyl groups excluding tert-OH is 1. The Morgan fingerprint density at radius 3 is 2.57 bits per heavy atom. The monoisotopic (exact) mass is 292 g/mol. The third-order valence-electron chi connectivity index (χ3n) is 4.16. The molecule has 2 N–H and O–H groups in total. The van der Waals surface area contributed by atoms with Crippen LogP contribution < -0.4 is 10.1 Å². The van der Waals surface area contributed by atoms with Crippen LogP contribution in [0.4, 0.5) is 0 Å². The van der Waals surface area contributed by atoms with Gasteiger partial charge in [-0.1, -0.05) is 12.1 Å². The van der Waals surface area contributed by atoms with Gasteiger partial charge in [-0.2, -0.15) is 0 Å². The maximum Gasteiger partial charge on any atom is 0.128 e. The molecule has 4 nitrogen and oxygen atoms in total. The van der Waals surface area contributed by atoms with Crippen molar-refractivity contribution in [2.24, 2.45) is 0 Å². The molecule has 1 heterocycles. The number of aryl methyl sites for hydroxylation is 2. The van der Waals surface area contributed by atoms with Gasteiger partial charge in [-0.25, -0.2) is 0 Å². The van der Waals surface area contributed by atoms with Crippen molar-refractivity contribution in [1.29, 1.82) is 0 Å². The second kappa shape index (κ2) is 7.78. The molecule has 21 heavy (non-hydrogen) atoms. The van der Waals surface area contributed by atoms with E-state index >= 15 is 0 Å². The fourth-order valence-corrected chi connectivity index (χ4v) is 2.94. The minimum Gasteiger partial charge on any atom is -0.493 e. The minimum absolute atomic E-state index is 0.457. The largest absolute Gasteiger partial charge is 0.493 e. The lowest BCUT2D eigenvalue weighted by Crippen LogP contribution is -2.44. The summed E-state index contributed by atoms with van der Waals surface area (Å²) in [7, 11) is 0. The summed E-state index contributed by atoms with van der Waals surface area (Å²) in [6, 6.07) is 4.13. The van der Waals surface area contributed by atoms with Gasteiger partial charge in [0.15, 0.2) is 0 Å². The third kappa shape index (κ3) is 4.19. The van der Waals surface area contributed by atoms with Crippen molar-refractivity contribution < 1.29 is 9.84 Å². The molecule has 118 valence electrons. The van der Waals surface area contributed by atoms with Crippen LogP contribution in [0.5, 0.6) is 5.75 Å². The molecule has 0 bridgehead atoms. The second-order valence-electron chi connectivity index (χ2n) is 5.77. The molecular weight excluding hydrogens is 264 g/mol. The molecule has 1 unspecified atom stereocenters. The van der Waals surface area contributed by atoms with Gasteiger partial charge in [-0.15, -0.1) is 0 Å². The molecule has 1 atom stereocenters. The molecule has 0 radical (unpaired) electrons. The Labute approximate surface area is 128 Å². The van der Waals surface area contributed by atoms with E-state index in [-0.39, 0.29) is 0 Å². The van der Waals surface area contributed by atoms with Crippen molar-refractivity contribution in [3.05, 3.63) is 28.8 Å². The van der Waals surface area contributed by atoms with E-state index in [1.807, 2.05) is 20.8 Å². The number of nitrogens with zero attached hydrogens (tertiary/aromatic N) is 1. The number of aliphatic hydroxyl groups is 1. The summed E-state index contributed by atoms with van der Waals surface area (Å²) in [6.45, 7) is 11.9. The summed E-state index contributed by atoms with van der Waals surface area (Å²) >= 11 is 0. The summed E-state index contributed by atoms with van der Waals surface area (Å²) in [5.74, 6) is 0.866. The molecule has 0 spiro atoms. The Morgan fingerprint density at radius 1 is 1.24 bits per heavy atom. The molecule has 4 heteroatoms. The first kappa shape index (κ1) is 16.3. The summed E-state index contributed by atoms with van der Waals surface area (Å²) in [6.07, 6.45) is 0.297. The molecule has 0 saturated carbocycles. The Morgan fingerprint density at radius 2 is 1.90 bits per heavy atom. The molecule has 1 aromatic carbocycles. The molecule has 1 saturated heterocycles. The van der Waals surface area contributed by atoms with Gasteiger partial charge < -0.3 is 20.1 Å². The highest BCUT2D eigenvalue weighted by Crippen LogP contribution is 2.33. The van der Waals surface area contributed by atoms with Gasteiger partial charge in [0.25, 0.3) is 0 Å². The zero-order valence-corrected chi connectivity index (χ0v) is 13.5. The van der Waals surface area contributed by atoms with Crippen LogP contribution in [0, 0.1) is 13.8 Å². The van der Waals surface area contributed by atoms with Crippen LogP contribution in [-0.4, -0.2) is 49.3 Å². The summed E-state index contributed by atoms with van der Waals surface area (Å²) < 4.78 is 5.78. The van der Waals surface area contributed by atoms with E-state index in [1.54, 1.807) is 0 Å². The Kier molecular flexibility index (Phi) is 6.03. The lowest BCUT2D eigenvalue weighted by atomic mass is 9.97. The fraction of sp³-hybridized carbons (Fsp3) is 0.647. The molecule has 1 fully saturated rings. The van der Waals surface area contributed by atoms with Crippen LogP contribution in [-0.2, 0) is 0 Å². The first-order chi connectivity index (χ1) is 10.1. The third-order valence-corrected chi connectivity index (χ3v) is 4.16. The van der Waals surface area contributed by atoms with Crippen molar-refractivity contribution in [3.63, 3.8) is 0 Å². The van der Waals surface area contributed by atoms with Gasteiger partial charge in [0.2, 0.25) is 0 Å². The maximum absolute atomic E-state index is 10.6. The maximum atomic E-state index is 10.6. The number of ether oxygens (including phenoxy) is 1.